The summed E-state index contributed by atoms with van der Waals surface area (Å²) in [6.07, 6.45) is 0. The van der Waals surface area contributed by atoms with Crippen LogP contribution in [0.3, 0.4) is 0 Å². The molecule has 0 N–H and O–H groups in total. The van der Waals surface area contributed by atoms with Crippen molar-refractivity contribution in [2.75, 3.05) is 9.80 Å². The highest BCUT2D eigenvalue weighted by molar-refractivity contribution is 6.18. The summed E-state index contributed by atoms with van der Waals surface area (Å²) >= 11 is 0. The van der Waals surface area contributed by atoms with Crippen molar-refractivity contribution in [3.8, 4) is 33.8 Å². The third-order valence-electron chi connectivity index (χ3n) is 11.1. The Kier molecular flexibility index (Phi) is 7.82. The Hall–Kier alpha value is -7.62. The largest absolute Gasteiger partial charge is 0.456 e. The number of ether oxygens (including phenoxy) is 1. The average molecular weight is 729 g/mol. The van der Waals surface area contributed by atoms with E-state index in [9.17, 15) is 0 Å². The summed E-state index contributed by atoms with van der Waals surface area (Å²) in [5, 5.41) is 7.17. The van der Waals surface area contributed by atoms with Gasteiger partial charge in [-0.25, -0.2) is 0 Å². The zero-order valence-corrected chi connectivity index (χ0v) is 31.1. The molecule has 0 unspecified atom stereocenters. The molecule has 11 rings (SSSR count). The quantitative estimate of drug-likeness (QED) is 0.152. The molecule has 0 fully saturated rings. The number of benzene rings is 10. The normalized spacial score (nSPS) is 11.6. The molecule has 0 aromatic heterocycles. The Balaban J connectivity index is 0.970. The van der Waals surface area contributed by atoms with Crippen LogP contribution in [0.15, 0.2) is 218 Å². The molecule has 10 aromatic carbocycles. The minimum absolute atomic E-state index is 0.857. The van der Waals surface area contributed by atoms with Gasteiger partial charge in [-0.05, 0) is 141 Å². The zero-order valence-electron chi connectivity index (χ0n) is 31.1. The van der Waals surface area contributed by atoms with Gasteiger partial charge in [-0.3, -0.25) is 0 Å². The second-order valence-corrected chi connectivity index (χ2v) is 14.6. The summed E-state index contributed by atoms with van der Waals surface area (Å²) in [5.74, 6) is 1.74. The fourth-order valence-electron chi connectivity index (χ4n) is 8.48. The van der Waals surface area contributed by atoms with Crippen molar-refractivity contribution < 1.29 is 4.74 Å². The molecule has 268 valence electrons. The van der Waals surface area contributed by atoms with Gasteiger partial charge in [0.1, 0.15) is 11.5 Å². The third kappa shape index (κ3) is 5.76. The van der Waals surface area contributed by atoms with Gasteiger partial charge in [0, 0.05) is 51.1 Å². The van der Waals surface area contributed by atoms with Gasteiger partial charge in [0.2, 0.25) is 0 Å². The highest BCUT2D eigenvalue weighted by atomic mass is 16.5. The van der Waals surface area contributed by atoms with E-state index in [1.54, 1.807) is 0 Å². The zero-order chi connectivity index (χ0) is 37.7. The van der Waals surface area contributed by atoms with Gasteiger partial charge in [0.25, 0.3) is 0 Å². The Morgan fingerprint density at radius 3 is 1.40 bits per heavy atom. The molecule has 0 saturated heterocycles. The van der Waals surface area contributed by atoms with Gasteiger partial charge in [-0.2, -0.15) is 0 Å². The van der Waals surface area contributed by atoms with Crippen molar-refractivity contribution in [3.05, 3.63) is 218 Å². The van der Waals surface area contributed by atoms with E-state index in [1.165, 1.54) is 43.6 Å². The van der Waals surface area contributed by atoms with Crippen molar-refractivity contribution in [2.45, 2.75) is 0 Å². The second kappa shape index (κ2) is 13.6. The van der Waals surface area contributed by atoms with Crippen LogP contribution in [0.5, 0.6) is 11.5 Å². The first-order valence-corrected chi connectivity index (χ1v) is 19.4. The summed E-state index contributed by atoms with van der Waals surface area (Å²) in [6, 6.07) is 77.9. The summed E-state index contributed by atoms with van der Waals surface area (Å²) < 4.78 is 6.78. The molecule has 0 saturated carbocycles. The van der Waals surface area contributed by atoms with E-state index in [1.807, 2.05) is 0 Å². The Labute approximate surface area is 331 Å². The number of anilines is 6. The molecule has 1 heterocycles. The van der Waals surface area contributed by atoms with E-state index < -0.39 is 0 Å². The predicted molar refractivity (Wildman–Crippen MR) is 239 cm³/mol. The van der Waals surface area contributed by atoms with Gasteiger partial charge in [-0.15, -0.1) is 0 Å². The molecular weight excluding hydrogens is 693 g/mol. The maximum atomic E-state index is 6.78. The lowest BCUT2D eigenvalue weighted by atomic mass is 9.89. The van der Waals surface area contributed by atoms with Crippen molar-refractivity contribution in [3.63, 3.8) is 0 Å². The molecule has 0 radical (unpaired) electrons. The fourth-order valence-corrected chi connectivity index (χ4v) is 8.48. The summed E-state index contributed by atoms with van der Waals surface area (Å²) in [4.78, 5) is 4.59. The number of hydrogen-bond donors (Lipinski definition) is 0. The highest BCUT2D eigenvalue weighted by Gasteiger charge is 2.24. The third-order valence-corrected chi connectivity index (χ3v) is 11.1. The van der Waals surface area contributed by atoms with Crippen molar-refractivity contribution in [2.24, 2.45) is 0 Å². The van der Waals surface area contributed by atoms with Crippen molar-refractivity contribution in [1.29, 1.82) is 0 Å². The van der Waals surface area contributed by atoms with Gasteiger partial charge >= 0.3 is 0 Å². The van der Waals surface area contributed by atoms with Crippen molar-refractivity contribution in [1.82, 2.24) is 0 Å². The van der Waals surface area contributed by atoms with E-state index >= 15 is 0 Å². The molecule has 0 spiro atoms. The van der Waals surface area contributed by atoms with Gasteiger partial charge in [-0.1, -0.05) is 115 Å². The monoisotopic (exact) mass is 728 g/mol. The molecule has 3 nitrogen and oxygen atoms in total. The Bertz CT molecular complexity index is 3010. The topological polar surface area (TPSA) is 15.7 Å². The van der Waals surface area contributed by atoms with E-state index in [-0.39, 0.29) is 0 Å². The van der Waals surface area contributed by atoms with Crippen molar-refractivity contribution >= 4 is 66.4 Å². The van der Waals surface area contributed by atoms with Crippen LogP contribution >= 0.6 is 0 Å². The minimum Gasteiger partial charge on any atom is -0.456 e. The van der Waals surface area contributed by atoms with Gasteiger partial charge < -0.3 is 14.5 Å². The summed E-state index contributed by atoms with van der Waals surface area (Å²) in [7, 11) is 0. The van der Waals surface area contributed by atoms with Crippen LogP contribution in [0.25, 0.3) is 54.6 Å². The standard InChI is InChI=1S/C54H36N2O/c1-5-14-42(15-6-1)55(43-16-7-2-8-17-43)46-29-28-38-32-37(24-25-39(38)33-46)40-26-27-41-35-51-48-31-30-47(56(44-18-9-3-10-19-44)45-20-11-4-12-21-45)36-53(48)57-52-23-13-22-49(54(51)52)50(41)34-40/h1-36H. The predicted octanol–water partition coefficient (Wildman–Crippen LogP) is 15.5. The molecule has 0 bridgehead atoms. The average Bonchev–Trinajstić information content (AvgIpc) is 3.28. The summed E-state index contributed by atoms with van der Waals surface area (Å²) in [5.41, 5.74) is 11.3. The van der Waals surface area contributed by atoms with Crippen LogP contribution < -0.4 is 14.5 Å². The molecular formula is C54H36N2O. The maximum absolute atomic E-state index is 6.78. The minimum atomic E-state index is 0.857. The van der Waals surface area contributed by atoms with Crippen LogP contribution in [0, 0.1) is 0 Å². The number of hydrogen-bond acceptors (Lipinski definition) is 3. The smallest absolute Gasteiger partial charge is 0.137 e. The fraction of sp³-hybridized carbons (Fsp3) is 0. The number of rotatable bonds is 7. The van der Waals surface area contributed by atoms with E-state index in [0.29, 0.717) is 0 Å². The maximum Gasteiger partial charge on any atom is 0.137 e. The second-order valence-electron chi connectivity index (χ2n) is 14.6. The first-order chi connectivity index (χ1) is 28.2. The molecule has 3 heteroatoms. The molecule has 0 amide bonds. The Morgan fingerprint density at radius 1 is 0.281 bits per heavy atom. The van der Waals surface area contributed by atoms with E-state index in [0.717, 1.165) is 56.6 Å². The lowest BCUT2D eigenvalue weighted by Crippen LogP contribution is -2.10. The first kappa shape index (κ1) is 32.8. The molecule has 1 aliphatic rings. The molecule has 0 aliphatic carbocycles. The SMILES string of the molecule is c1ccc(N(c2ccccc2)c2ccc3c(c2)Oc2cccc4c2c-3cc2ccc(-c3ccc5cc(N(c6ccccc6)c6ccccc6)ccc5c3)cc24)cc1. The lowest BCUT2D eigenvalue weighted by Gasteiger charge is -2.28. The van der Waals surface area contributed by atoms with Crippen LogP contribution in [0.4, 0.5) is 34.1 Å². The molecule has 0 atom stereocenters. The number of fused-ring (bicyclic) bond motifs is 5. The lowest BCUT2D eigenvalue weighted by molar-refractivity contribution is 0.487. The Morgan fingerprint density at radius 2 is 0.789 bits per heavy atom. The summed E-state index contributed by atoms with van der Waals surface area (Å²) in [6.45, 7) is 0. The number of para-hydroxylation sites is 4. The molecule has 10 aromatic rings. The van der Waals surface area contributed by atoms with Crippen LogP contribution in [-0.2, 0) is 0 Å². The van der Waals surface area contributed by atoms with E-state index in [4.69, 9.17) is 4.74 Å². The van der Waals surface area contributed by atoms with Gasteiger partial charge in [0.15, 0.2) is 0 Å². The van der Waals surface area contributed by atoms with Crippen LogP contribution in [0.2, 0.25) is 0 Å². The molecule has 1 aliphatic heterocycles. The highest BCUT2D eigenvalue weighted by Crippen LogP contribution is 2.51. The van der Waals surface area contributed by atoms with Crippen LogP contribution in [0.1, 0.15) is 0 Å². The number of nitrogens with zero attached hydrogens (tertiary/aromatic N) is 2. The molecule has 57 heavy (non-hydrogen) atoms. The first-order valence-electron chi connectivity index (χ1n) is 19.4. The van der Waals surface area contributed by atoms with Crippen LogP contribution in [-0.4, -0.2) is 0 Å². The van der Waals surface area contributed by atoms with E-state index in [2.05, 4.69) is 228 Å². The van der Waals surface area contributed by atoms with Gasteiger partial charge in [0.05, 0.1) is 0 Å².